The highest BCUT2D eigenvalue weighted by molar-refractivity contribution is 6.70. The van der Waals surface area contributed by atoms with Crippen molar-refractivity contribution in [1.82, 2.24) is 0 Å². The van der Waals surface area contributed by atoms with Crippen LogP contribution in [0.3, 0.4) is 0 Å². The van der Waals surface area contributed by atoms with Crippen LogP contribution in [0.4, 0.5) is 26.3 Å². The quantitative estimate of drug-likeness (QED) is 0.431. The van der Waals surface area contributed by atoms with Gasteiger partial charge in [-0.15, -0.1) is 0 Å². The van der Waals surface area contributed by atoms with Crippen molar-refractivity contribution < 1.29 is 35.2 Å². The Morgan fingerprint density at radius 2 is 1.04 bits per heavy atom. The lowest BCUT2D eigenvalue weighted by atomic mass is 9.80. The molecule has 0 aliphatic carbocycles. The van der Waals surface area contributed by atoms with Crippen molar-refractivity contribution in [2.45, 2.75) is 83.1 Å². The molecule has 0 radical (unpaired) electrons. The molecular weight excluding hydrogens is 358 g/mol. The van der Waals surface area contributed by atoms with E-state index in [4.69, 9.17) is 8.85 Å². The maximum absolute atomic E-state index is 13.8. The lowest BCUT2D eigenvalue weighted by molar-refractivity contribution is -0.368. The fraction of sp³-hybridized carbons (Fsp3) is 1.00. The zero-order valence-corrected chi connectivity index (χ0v) is 16.8. The van der Waals surface area contributed by atoms with Crippen LogP contribution in [0.15, 0.2) is 0 Å². The molecule has 23 heavy (non-hydrogen) atoms. The molecule has 0 spiro atoms. The van der Waals surface area contributed by atoms with E-state index in [1.165, 1.54) is 39.3 Å². The maximum atomic E-state index is 13.8. The first-order valence-electron chi connectivity index (χ1n) is 7.26. The molecule has 10 heteroatoms. The molecule has 2 unspecified atom stereocenters. The van der Waals surface area contributed by atoms with Gasteiger partial charge in [-0.2, -0.15) is 26.3 Å². The topological polar surface area (TPSA) is 18.5 Å². The molecule has 0 N–H and O–H groups in total. The van der Waals surface area contributed by atoms with Crippen LogP contribution in [0, 0.1) is 0 Å². The Morgan fingerprint density at radius 3 is 1.22 bits per heavy atom. The highest BCUT2D eigenvalue weighted by Gasteiger charge is 2.76. The van der Waals surface area contributed by atoms with E-state index in [-0.39, 0.29) is 0 Å². The van der Waals surface area contributed by atoms with Crippen LogP contribution in [0.1, 0.15) is 20.3 Å². The number of rotatable bonds is 6. The molecule has 0 saturated carbocycles. The van der Waals surface area contributed by atoms with Crippen LogP contribution in [0.2, 0.25) is 39.3 Å². The smallest absolute Gasteiger partial charge is 0.402 e. The Balaban J connectivity index is 6.57. The van der Waals surface area contributed by atoms with E-state index in [2.05, 4.69) is 0 Å². The first kappa shape index (κ1) is 22.9. The van der Waals surface area contributed by atoms with Gasteiger partial charge in [0.25, 0.3) is 0 Å². The summed E-state index contributed by atoms with van der Waals surface area (Å²) < 4.78 is 93.1. The number of alkyl halides is 6. The zero-order chi connectivity index (χ0) is 19.1. The fourth-order valence-corrected chi connectivity index (χ4v) is 5.55. The van der Waals surface area contributed by atoms with Gasteiger partial charge in [-0.3, -0.25) is 0 Å². The fourth-order valence-electron chi connectivity index (χ4n) is 2.54. The van der Waals surface area contributed by atoms with Crippen LogP contribution in [0.25, 0.3) is 0 Å². The average molecular weight is 385 g/mol. The van der Waals surface area contributed by atoms with Gasteiger partial charge in [-0.25, -0.2) is 0 Å². The minimum atomic E-state index is -5.24. The highest BCUT2D eigenvalue weighted by atomic mass is 28.4. The molecule has 0 aromatic rings. The molecule has 2 nitrogen and oxygen atoms in total. The molecule has 140 valence electrons. The molecule has 0 heterocycles. The molecule has 0 rings (SSSR count). The van der Waals surface area contributed by atoms with Gasteiger partial charge in [0.1, 0.15) is 0 Å². The lowest BCUT2D eigenvalue weighted by Crippen LogP contribution is -2.73. The van der Waals surface area contributed by atoms with Crippen LogP contribution in [0.5, 0.6) is 0 Å². The van der Waals surface area contributed by atoms with Crippen molar-refractivity contribution in [3.8, 4) is 0 Å². The highest BCUT2D eigenvalue weighted by Crippen LogP contribution is 2.54. The Morgan fingerprint density at radius 1 is 0.696 bits per heavy atom. The van der Waals surface area contributed by atoms with Crippen molar-refractivity contribution >= 4 is 16.6 Å². The van der Waals surface area contributed by atoms with Crippen molar-refractivity contribution in [3.63, 3.8) is 0 Å². The predicted octanol–water partition coefficient (Wildman–Crippen LogP) is 5.72. The summed E-state index contributed by atoms with van der Waals surface area (Å²) in [5.41, 5.74) is -6.92. The van der Waals surface area contributed by atoms with E-state index < -0.39 is 46.6 Å². The number of halogens is 6. The number of hydrogen-bond donors (Lipinski definition) is 0. The normalized spacial score (nSPS) is 20.1. The monoisotopic (exact) mass is 384 g/mol. The Hall–Kier alpha value is -0.0662. The van der Waals surface area contributed by atoms with E-state index in [1.54, 1.807) is 0 Å². The molecule has 2 atom stereocenters. The van der Waals surface area contributed by atoms with E-state index in [9.17, 15) is 26.3 Å². The van der Waals surface area contributed by atoms with Gasteiger partial charge in [0.2, 0.25) is 0 Å². The Kier molecular flexibility index (Phi) is 6.32. The SMILES string of the molecule is CCC(O[Si](C)(C)C)(C(F)(F)F)C(C)(O[Si](C)(C)C)C(F)(F)F. The molecule has 0 aromatic heterocycles. The van der Waals surface area contributed by atoms with Crippen molar-refractivity contribution in [1.29, 1.82) is 0 Å². The maximum Gasteiger partial charge on any atom is 0.419 e. The Labute approximate surface area is 135 Å². The van der Waals surface area contributed by atoms with E-state index in [0.29, 0.717) is 6.92 Å². The molecule has 0 aliphatic heterocycles. The van der Waals surface area contributed by atoms with Gasteiger partial charge in [0, 0.05) is 0 Å². The molecule has 0 amide bonds. The van der Waals surface area contributed by atoms with Crippen LogP contribution < -0.4 is 0 Å². The number of hydrogen-bond acceptors (Lipinski definition) is 2. The van der Waals surface area contributed by atoms with Gasteiger partial charge in [-0.05, 0) is 52.6 Å². The van der Waals surface area contributed by atoms with Crippen molar-refractivity contribution in [2.75, 3.05) is 0 Å². The zero-order valence-electron chi connectivity index (χ0n) is 14.8. The standard InChI is InChI=1S/C13H26F6O2Si2/c1-9-11(13(17,18)19,21-23(6,7)8)10(2,12(14,15)16)20-22(3,4)5/h9H2,1-8H3. The summed E-state index contributed by atoms with van der Waals surface area (Å²) in [6.07, 6.45) is -11.4. The van der Waals surface area contributed by atoms with Crippen LogP contribution in [-0.4, -0.2) is 40.2 Å². The summed E-state index contributed by atoms with van der Waals surface area (Å²) in [7, 11) is -5.94. The van der Waals surface area contributed by atoms with Crippen molar-refractivity contribution in [3.05, 3.63) is 0 Å². The minimum absolute atomic E-state index is 0.461. The second-order valence-corrected chi connectivity index (χ2v) is 16.5. The summed E-state index contributed by atoms with van der Waals surface area (Å²) >= 11 is 0. The molecule has 0 bridgehead atoms. The van der Waals surface area contributed by atoms with Gasteiger partial charge in [0.15, 0.2) is 27.8 Å². The second kappa shape index (κ2) is 6.34. The summed E-state index contributed by atoms with van der Waals surface area (Å²) in [6.45, 7) is 10.0. The molecule has 0 fully saturated rings. The van der Waals surface area contributed by atoms with Crippen molar-refractivity contribution in [2.24, 2.45) is 0 Å². The molecule has 0 aliphatic rings. The van der Waals surface area contributed by atoms with E-state index in [1.807, 2.05) is 0 Å². The van der Waals surface area contributed by atoms with E-state index in [0.717, 1.165) is 6.92 Å². The van der Waals surface area contributed by atoms with E-state index >= 15 is 0 Å². The third-order valence-corrected chi connectivity index (χ3v) is 5.24. The predicted molar refractivity (Wildman–Crippen MR) is 82.4 cm³/mol. The first-order valence-corrected chi connectivity index (χ1v) is 14.1. The molecule has 0 saturated heterocycles. The van der Waals surface area contributed by atoms with Gasteiger partial charge in [0.05, 0.1) is 0 Å². The second-order valence-electron chi connectivity index (χ2n) is 7.64. The largest absolute Gasteiger partial charge is 0.419 e. The van der Waals surface area contributed by atoms with Gasteiger partial charge >= 0.3 is 12.4 Å². The summed E-state index contributed by atoms with van der Waals surface area (Å²) in [4.78, 5) is 0. The third kappa shape index (κ3) is 4.96. The minimum Gasteiger partial charge on any atom is -0.402 e. The molecule has 0 aromatic carbocycles. The first-order chi connectivity index (χ1) is 9.72. The summed E-state index contributed by atoms with van der Waals surface area (Å²) in [5, 5.41) is 0. The third-order valence-electron chi connectivity index (χ3n) is 3.26. The van der Waals surface area contributed by atoms with Crippen LogP contribution >= 0.6 is 0 Å². The lowest BCUT2D eigenvalue weighted by Gasteiger charge is -2.53. The summed E-state index contributed by atoms with van der Waals surface area (Å²) in [5.74, 6) is 0. The molecular formula is C13H26F6O2Si2. The van der Waals surface area contributed by atoms with Gasteiger partial charge in [-0.1, -0.05) is 6.92 Å². The van der Waals surface area contributed by atoms with Gasteiger partial charge < -0.3 is 8.85 Å². The summed E-state index contributed by atoms with van der Waals surface area (Å²) in [6, 6.07) is 0. The Bertz CT molecular complexity index is 411. The average Bonchev–Trinajstić information content (AvgIpc) is 2.18. The van der Waals surface area contributed by atoms with Crippen LogP contribution in [-0.2, 0) is 8.85 Å².